The van der Waals surface area contributed by atoms with Gasteiger partial charge in [-0.05, 0) is 38.5 Å². The summed E-state index contributed by atoms with van der Waals surface area (Å²) >= 11 is 0. The van der Waals surface area contributed by atoms with E-state index in [0.29, 0.717) is 12.8 Å². The quantitative estimate of drug-likeness (QED) is 0.0200. The van der Waals surface area contributed by atoms with Crippen LogP contribution in [-0.4, -0.2) is 64.9 Å². The molecule has 0 fully saturated rings. The molecule has 0 aliphatic rings. The van der Waals surface area contributed by atoms with Crippen LogP contribution < -0.4 is 5.32 Å². The molecule has 0 radical (unpaired) electrons. The third-order valence-electron chi connectivity index (χ3n) is 11.1. The lowest BCUT2D eigenvalue weighted by atomic mass is 10.0. The monoisotopic (exact) mass is 874 g/mol. The average molecular weight is 874 g/mol. The van der Waals surface area contributed by atoms with Gasteiger partial charge in [-0.2, -0.15) is 0 Å². The van der Waals surface area contributed by atoms with Crippen LogP contribution in [0.2, 0.25) is 0 Å². The summed E-state index contributed by atoms with van der Waals surface area (Å²) < 4.78 is 26.9. The van der Waals surface area contributed by atoms with Crippen molar-refractivity contribution in [2.24, 2.45) is 0 Å². The fourth-order valence-electron chi connectivity index (χ4n) is 7.19. The number of carboxylic acids is 1. The minimum absolute atomic E-state index is 0.151. The summed E-state index contributed by atoms with van der Waals surface area (Å²) in [7, 11) is -4.75. The van der Waals surface area contributed by atoms with Gasteiger partial charge in [-0.1, -0.05) is 206 Å². The molecule has 0 aliphatic heterocycles. The number of ether oxygens (including phenoxy) is 1. The van der Waals surface area contributed by atoms with Crippen LogP contribution in [0.15, 0.2) is 12.2 Å². The number of esters is 1. The molecule has 0 aromatic carbocycles. The predicted octanol–water partition coefficient (Wildman–Crippen LogP) is 13.2. The Kier molecular flexibility index (Phi) is 42.6. The van der Waals surface area contributed by atoms with E-state index in [0.717, 1.165) is 38.5 Å². The molecule has 0 aliphatic carbocycles. The second kappa shape index (κ2) is 43.9. The van der Waals surface area contributed by atoms with Crippen molar-refractivity contribution in [1.29, 1.82) is 0 Å². The molecule has 0 spiro atoms. The van der Waals surface area contributed by atoms with Crippen molar-refractivity contribution in [1.82, 2.24) is 5.32 Å². The van der Waals surface area contributed by atoms with Crippen LogP contribution >= 0.6 is 7.82 Å². The SMILES string of the molecule is CCCCCCCC/C=C/CCCCCCCCCCCCCC(=O)OCC(O)COP(=O)(O)OCC(NC(=O)CCCCCCCCCCCCCCCCC)C(=O)O. The van der Waals surface area contributed by atoms with Crippen LogP contribution in [0.5, 0.6) is 0 Å². The van der Waals surface area contributed by atoms with Gasteiger partial charge in [0.1, 0.15) is 12.7 Å². The fourth-order valence-corrected chi connectivity index (χ4v) is 7.97. The third kappa shape index (κ3) is 42.9. The normalized spacial score (nSPS) is 13.7. The van der Waals surface area contributed by atoms with Crippen LogP contribution in [-0.2, 0) is 32.7 Å². The molecular formula is C48H92NO10P. The number of carboxylic acid groups (broad SMARTS) is 1. The first-order chi connectivity index (χ1) is 29.1. The number of rotatable bonds is 47. The van der Waals surface area contributed by atoms with Crippen molar-refractivity contribution in [2.45, 2.75) is 257 Å². The number of aliphatic hydroxyl groups is 1. The number of phosphoric acid groups is 1. The Hall–Kier alpha value is -1.78. The molecule has 0 bridgehead atoms. The molecule has 3 atom stereocenters. The number of allylic oxidation sites excluding steroid dienone is 2. The third-order valence-corrected chi connectivity index (χ3v) is 12.0. The van der Waals surface area contributed by atoms with Crippen LogP contribution in [0.3, 0.4) is 0 Å². The number of nitrogens with one attached hydrogen (secondary N) is 1. The number of amides is 1. The highest BCUT2D eigenvalue weighted by molar-refractivity contribution is 7.47. The maximum Gasteiger partial charge on any atom is 0.472 e. The van der Waals surface area contributed by atoms with Crippen molar-refractivity contribution in [2.75, 3.05) is 19.8 Å². The van der Waals surface area contributed by atoms with E-state index in [1.165, 1.54) is 167 Å². The molecule has 0 aromatic heterocycles. The molecule has 0 saturated heterocycles. The number of hydrogen-bond acceptors (Lipinski definition) is 8. The molecule has 11 nitrogen and oxygen atoms in total. The van der Waals surface area contributed by atoms with Crippen molar-refractivity contribution in [3.63, 3.8) is 0 Å². The summed E-state index contributed by atoms with van der Waals surface area (Å²) in [6.45, 7) is 2.63. The molecule has 0 heterocycles. The largest absolute Gasteiger partial charge is 0.480 e. The zero-order chi connectivity index (χ0) is 44.2. The van der Waals surface area contributed by atoms with E-state index in [-0.39, 0.29) is 12.8 Å². The molecule has 354 valence electrons. The van der Waals surface area contributed by atoms with E-state index in [2.05, 4.69) is 31.3 Å². The second-order valence-electron chi connectivity index (χ2n) is 17.0. The van der Waals surface area contributed by atoms with Gasteiger partial charge in [-0.25, -0.2) is 9.36 Å². The van der Waals surface area contributed by atoms with Gasteiger partial charge in [0, 0.05) is 12.8 Å². The smallest absolute Gasteiger partial charge is 0.472 e. The summed E-state index contributed by atoms with van der Waals surface area (Å²) in [5, 5.41) is 21.9. The Labute approximate surface area is 367 Å². The fraction of sp³-hybridized carbons (Fsp3) is 0.896. The van der Waals surface area contributed by atoms with Gasteiger partial charge in [0.05, 0.1) is 13.2 Å². The van der Waals surface area contributed by atoms with E-state index in [1.54, 1.807) is 0 Å². The Morgan fingerprint density at radius 3 is 1.27 bits per heavy atom. The first-order valence-electron chi connectivity index (χ1n) is 24.7. The zero-order valence-electron chi connectivity index (χ0n) is 38.5. The topological polar surface area (TPSA) is 169 Å². The van der Waals surface area contributed by atoms with Crippen molar-refractivity contribution in [3.8, 4) is 0 Å². The minimum Gasteiger partial charge on any atom is -0.480 e. The number of carbonyl (C=O) groups is 3. The summed E-state index contributed by atoms with van der Waals surface area (Å²) in [6.07, 6.45) is 45.2. The highest BCUT2D eigenvalue weighted by atomic mass is 31.2. The molecule has 1 amide bonds. The first-order valence-corrected chi connectivity index (χ1v) is 26.2. The Morgan fingerprint density at radius 1 is 0.517 bits per heavy atom. The maximum absolute atomic E-state index is 12.3. The van der Waals surface area contributed by atoms with Gasteiger partial charge < -0.3 is 25.2 Å². The molecule has 0 aromatic rings. The Morgan fingerprint density at radius 2 is 0.867 bits per heavy atom. The summed E-state index contributed by atoms with van der Waals surface area (Å²) in [5.41, 5.74) is 0. The van der Waals surface area contributed by atoms with Gasteiger partial charge in [0.25, 0.3) is 0 Å². The van der Waals surface area contributed by atoms with E-state index in [1.807, 2.05) is 0 Å². The standard InChI is InChI=1S/C48H92NO10P/c1-3-5-7-9-11-13-15-17-19-20-21-22-23-24-26-28-30-32-34-36-38-40-47(52)57-41-44(50)42-58-60(55,56)59-43-45(48(53)54)49-46(51)39-37-35-33-31-29-27-25-18-16-14-12-10-8-6-4-2/h17,19,44-45,50H,3-16,18,20-43H2,1-2H3,(H,49,51)(H,53,54)(H,55,56)/b19-17+. The second-order valence-corrected chi connectivity index (χ2v) is 18.5. The lowest BCUT2D eigenvalue weighted by Gasteiger charge is -2.18. The molecule has 12 heteroatoms. The Balaban J connectivity index is 3.80. The number of aliphatic carboxylic acids is 1. The van der Waals surface area contributed by atoms with Gasteiger partial charge in [0.2, 0.25) is 5.91 Å². The van der Waals surface area contributed by atoms with E-state index >= 15 is 0 Å². The number of hydrogen-bond donors (Lipinski definition) is 4. The summed E-state index contributed by atoms with van der Waals surface area (Å²) in [4.78, 5) is 46.0. The van der Waals surface area contributed by atoms with E-state index < -0.39 is 57.6 Å². The van der Waals surface area contributed by atoms with Crippen molar-refractivity contribution in [3.05, 3.63) is 12.2 Å². The van der Waals surface area contributed by atoms with Crippen LogP contribution in [0.4, 0.5) is 0 Å². The number of unbranched alkanes of at least 4 members (excludes halogenated alkanes) is 31. The highest BCUT2D eigenvalue weighted by Crippen LogP contribution is 2.43. The average Bonchev–Trinajstić information content (AvgIpc) is 3.22. The van der Waals surface area contributed by atoms with E-state index in [4.69, 9.17) is 13.8 Å². The first kappa shape index (κ1) is 58.2. The molecule has 3 unspecified atom stereocenters. The van der Waals surface area contributed by atoms with Gasteiger partial charge in [0.15, 0.2) is 6.04 Å². The number of phosphoric ester groups is 1. The molecular weight excluding hydrogens is 781 g/mol. The lowest BCUT2D eigenvalue weighted by Crippen LogP contribution is -2.43. The summed E-state index contributed by atoms with van der Waals surface area (Å²) in [5.74, 6) is -2.36. The molecule has 4 N–H and O–H groups in total. The molecule has 0 rings (SSSR count). The van der Waals surface area contributed by atoms with Crippen LogP contribution in [0, 0.1) is 0 Å². The van der Waals surface area contributed by atoms with Crippen LogP contribution in [0.25, 0.3) is 0 Å². The molecule has 0 saturated carbocycles. The Bertz CT molecular complexity index is 1070. The lowest BCUT2D eigenvalue weighted by molar-refractivity contribution is -0.147. The van der Waals surface area contributed by atoms with Crippen molar-refractivity contribution >= 4 is 25.7 Å². The highest BCUT2D eigenvalue weighted by Gasteiger charge is 2.28. The van der Waals surface area contributed by atoms with E-state index in [9.17, 15) is 34.1 Å². The minimum atomic E-state index is -4.75. The zero-order valence-corrected chi connectivity index (χ0v) is 39.4. The van der Waals surface area contributed by atoms with Gasteiger partial charge in [-0.3, -0.25) is 18.6 Å². The summed E-state index contributed by atoms with van der Waals surface area (Å²) in [6, 6.07) is -1.54. The predicted molar refractivity (Wildman–Crippen MR) is 245 cm³/mol. The number of aliphatic hydroxyl groups excluding tert-OH is 1. The number of carbonyl (C=O) groups excluding carboxylic acids is 2. The maximum atomic E-state index is 12.3. The van der Waals surface area contributed by atoms with Gasteiger partial charge in [-0.15, -0.1) is 0 Å². The molecule has 60 heavy (non-hydrogen) atoms. The van der Waals surface area contributed by atoms with Crippen molar-refractivity contribution < 1.29 is 47.8 Å². The van der Waals surface area contributed by atoms with Gasteiger partial charge >= 0.3 is 19.8 Å². The van der Waals surface area contributed by atoms with Crippen LogP contribution in [0.1, 0.15) is 245 Å².